The molecule has 0 spiro atoms. The van der Waals surface area contributed by atoms with Crippen LogP contribution in [0.25, 0.3) is 10.6 Å². The number of carboxylic acids is 1. The number of thiazole rings is 1. The summed E-state index contributed by atoms with van der Waals surface area (Å²) in [5.74, 6) is -0.0993. The third kappa shape index (κ3) is 4.57. The molecule has 1 heterocycles. The number of rotatable bonds is 8. The van der Waals surface area contributed by atoms with Gasteiger partial charge in [-0.1, -0.05) is 30.3 Å². The summed E-state index contributed by atoms with van der Waals surface area (Å²) in [7, 11) is 0. The number of benzene rings is 1. The van der Waals surface area contributed by atoms with Crippen molar-refractivity contribution in [1.82, 2.24) is 10.3 Å². The predicted octanol–water partition coefficient (Wildman–Crippen LogP) is 2.24. The van der Waals surface area contributed by atoms with E-state index in [-0.39, 0.29) is 0 Å². The Morgan fingerprint density at radius 2 is 2.19 bits per heavy atom. The summed E-state index contributed by atoms with van der Waals surface area (Å²) in [5, 5.41) is 14.1. The Hall–Kier alpha value is -1.86. The van der Waals surface area contributed by atoms with Crippen LogP contribution in [-0.2, 0) is 15.3 Å². The fraction of sp³-hybridized carbons (Fsp3) is 0.214. The minimum absolute atomic E-state index is 0.312. The molecule has 2 aromatic rings. The first-order chi connectivity index (χ1) is 10.2. The normalized spacial score (nSPS) is 11.8. The average Bonchev–Trinajstić information content (AvgIpc) is 2.96. The number of aliphatic carboxylic acids is 1. The molecule has 1 unspecified atom stereocenters. The van der Waals surface area contributed by atoms with Gasteiger partial charge in [0, 0.05) is 22.4 Å². The van der Waals surface area contributed by atoms with Crippen molar-refractivity contribution in [2.75, 3.05) is 5.75 Å². The van der Waals surface area contributed by atoms with Crippen molar-refractivity contribution in [1.29, 1.82) is 0 Å². The zero-order valence-electron chi connectivity index (χ0n) is 11.1. The molecule has 0 saturated carbocycles. The topological polar surface area (TPSA) is 79.3 Å². The van der Waals surface area contributed by atoms with Crippen molar-refractivity contribution in [3.05, 3.63) is 41.4 Å². The number of carboxylic acid groups (broad SMARTS) is 1. The number of nitrogens with zero attached hydrogens (tertiary/aromatic N) is 1. The van der Waals surface area contributed by atoms with Crippen LogP contribution < -0.4 is 5.32 Å². The molecule has 7 heteroatoms. The van der Waals surface area contributed by atoms with Crippen LogP contribution >= 0.6 is 23.1 Å². The number of nitrogens with one attached hydrogen (secondary N) is 1. The minimum atomic E-state index is -1.03. The molecular weight excluding hydrogens is 308 g/mol. The van der Waals surface area contributed by atoms with E-state index in [9.17, 15) is 9.59 Å². The highest BCUT2D eigenvalue weighted by molar-refractivity contribution is 7.98. The van der Waals surface area contributed by atoms with Crippen molar-refractivity contribution >= 4 is 35.5 Å². The van der Waals surface area contributed by atoms with E-state index in [0.29, 0.717) is 17.9 Å². The standard InChI is InChI=1S/C14H14N2O3S2/c17-9-15-12(14(18)19)8-20-6-11-7-21-13(16-11)10-4-2-1-3-5-10/h1-5,7,9,12H,6,8H2,(H,15,17)(H,18,19). The molecule has 0 aliphatic rings. The zero-order chi connectivity index (χ0) is 15.1. The van der Waals surface area contributed by atoms with Gasteiger partial charge in [0.05, 0.1) is 5.69 Å². The summed E-state index contributed by atoms with van der Waals surface area (Å²) in [5.41, 5.74) is 1.99. The van der Waals surface area contributed by atoms with Crippen molar-refractivity contribution < 1.29 is 14.7 Å². The molecule has 0 radical (unpaired) electrons. The highest BCUT2D eigenvalue weighted by atomic mass is 32.2. The van der Waals surface area contributed by atoms with Crippen LogP contribution in [0.1, 0.15) is 5.69 Å². The Morgan fingerprint density at radius 3 is 2.86 bits per heavy atom. The van der Waals surface area contributed by atoms with E-state index in [0.717, 1.165) is 16.3 Å². The monoisotopic (exact) mass is 322 g/mol. The van der Waals surface area contributed by atoms with E-state index in [1.807, 2.05) is 35.7 Å². The van der Waals surface area contributed by atoms with Crippen molar-refractivity contribution in [3.8, 4) is 10.6 Å². The number of hydrogen-bond acceptors (Lipinski definition) is 5. The molecule has 1 atom stereocenters. The molecular formula is C14H14N2O3S2. The molecule has 1 aromatic heterocycles. The number of amides is 1. The lowest BCUT2D eigenvalue weighted by atomic mass is 10.2. The second-order valence-corrected chi connectivity index (χ2v) is 6.09. The maximum atomic E-state index is 10.9. The summed E-state index contributed by atoms with van der Waals surface area (Å²) < 4.78 is 0. The van der Waals surface area contributed by atoms with Crippen LogP contribution in [-0.4, -0.2) is 34.3 Å². The van der Waals surface area contributed by atoms with E-state index < -0.39 is 12.0 Å². The molecule has 0 bridgehead atoms. The first-order valence-electron chi connectivity index (χ1n) is 6.21. The van der Waals surface area contributed by atoms with Gasteiger partial charge in [0.2, 0.25) is 6.41 Å². The lowest BCUT2D eigenvalue weighted by Crippen LogP contribution is -2.37. The van der Waals surface area contributed by atoms with Crippen LogP contribution in [0, 0.1) is 0 Å². The third-order valence-electron chi connectivity index (χ3n) is 2.67. The highest BCUT2D eigenvalue weighted by Gasteiger charge is 2.16. The summed E-state index contributed by atoms with van der Waals surface area (Å²) in [4.78, 5) is 25.7. The third-order valence-corrected chi connectivity index (χ3v) is 4.68. The van der Waals surface area contributed by atoms with Gasteiger partial charge in [0.1, 0.15) is 11.0 Å². The molecule has 1 aromatic carbocycles. The maximum absolute atomic E-state index is 10.9. The van der Waals surface area contributed by atoms with Gasteiger partial charge in [0.25, 0.3) is 0 Å². The Balaban J connectivity index is 1.88. The van der Waals surface area contributed by atoms with Gasteiger partial charge in [0.15, 0.2) is 0 Å². The minimum Gasteiger partial charge on any atom is -0.480 e. The Labute approximate surface area is 130 Å². The van der Waals surface area contributed by atoms with Gasteiger partial charge < -0.3 is 10.4 Å². The number of thioether (sulfide) groups is 1. The summed E-state index contributed by atoms with van der Waals surface area (Å²) in [6.45, 7) is 0. The predicted molar refractivity (Wildman–Crippen MR) is 84.3 cm³/mol. The lowest BCUT2D eigenvalue weighted by Gasteiger charge is -2.09. The number of carbonyl (C=O) groups excluding carboxylic acids is 1. The molecule has 110 valence electrons. The number of hydrogen-bond donors (Lipinski definition) is 2. The van der Waals surface area contributed by atoms with Gasteiger partial charge in [-0.05, 0) is 0 Å². The molecule has 5 nitrogen and oxygen atoms in total. The van der Waals surface area contributed by atoms with Gasteiger partial charge in [-0.2, -0.15) is 11.8 Å². The maximum Gasteiger partial charge on any atom is 0.327 e. The zero-order valence-corrected chi connectivity index (χ0v) is 12.7. The van der Waals surface area contributed by atoms with Gasteiger partial charge in [-0.3, -0.25) is 4.79 Å². The number of aromatic nitrogens is 1. The van der Waals surface area contributed by atoms with Gasteiger partial charge >= 0.3 is 5.97 Å². The lowest BCUT2D eigenvalue weighted by molar-refractivity contribution is -0.139. The molecule has 1 amide bonds. The fourth-order valence-electron chi connectivity index (χ4n) is 1.64. The first-order valence-corrected chi connectivity index (χ1v) is 8.24. The van der Waals surface area contributed by atoms with Gasteiger partial charge in [-0.25, -0.2) is 9.78 Å². The SMILES string of the molecule is O=CNC(CSCc1csc(-c2ccccc2)n1)C(=O)O. The van der Waals surface area contributed by atoms with Crippen LogP contribution in [0.5, 0.6) is 0 Å². The average molecular weight is 322 g/mol. The van der Waals surface area contributed by atoms with Crippen molar-refractivity contribution in [2.24, 2.45) is 0 Å². The van der Waals surface area contributed by atoms with E-state index in [2.05, 4.69) is 10.3 Å². The summed E-state index contributed by atoms with van der Waals surface area (Å²) in [6, 6.07) is 9.04. The van der Waals surface area contributed by atoms with Crippen LogP contribution in [0.2, 0.25) is 0 Å². The Bertz CT molecular complexity index is 601. The van der Waals surface area contributed by atoms with E-state index in [1.165, 1.54) is 11.8 Å². The van der Waals surface area contributed by atoms with E-state index in [1.54, 1.807) is 11.3 Å². The summed E-state index contributed by atoms with van der Waals surface area (Å²) >= 11 is 3.00. The van der Waals surface area contributed by atoms with Crippen molar-refractivity contribution in [2.45, 2.75) is 11.8 Å². The van der Waals surface area contributed by atoms with Crippen LogP contribution in [0.15, 0.2) is 35.7 Å². The fourth-order valence-corrected chi connectivity index (χ4v) is 3.52. The van der Waals surface area contributed by atoms with Gasteiger partial charge in [-0.15, -0.1) is 11.3 Å². The van der Waals surface area contributed by atoms with Crippen molar-refractivity contribution in [3.63, 3.8) is 0 Å². The molecule has 0 saturated heterocycles. The smallest absolute Gasteiger partial charge is 0.327 e. The van der Waals surface area contributed by atoms with Crippen LogP contribution in [0.4, 0.5) is 0 Å². The molecule has 0 aliphatic carbocycles. The molecule has 0 fully saturated rings. The Morgan fingerprint density at radius 1 is 1.43 bits per heavy atom. The molecule has 0 aliphatic heterocycles. The quantitative estimate of drug-likeness (QED) is 0.729. The second-order valence-electron chi connectivity index (χ2n) is 4.20. The van der Waals surface area contributed by atoms with E-state index >= 15 is 0 Å². The molecule has 2 N–H and O–H groups in total. The second kappa shape index (κ2) is 7.80. The number of carbonyl (C=O) groups is 2. The summed E-state index contributed by atoms with van der Waals surface area (Å²) in [6.07, 6.45) is 0.412. The Kier molecular flexibility index (Phi) is 5.77. The largest absolute Gasteiger partial charge is 0.480 e. The first kappa shape index (κ1) is 15.5. The highest BCUT2D eigenvalue weighted by Crippen LogP contribution is 2.25. The molecule has 2 rings (SSSR count). The van der Waals surface area contributed by atoms with Crippen LogP contribution in [0.3, 0.4) is 0 Å². The van der Waals surface area contributed by atoms with E-state index in [4.69, 9.17) is 5.11 Å². The molecule has 21 heavy (non-hydrogen) atoms.